The smallest absolute Gasteiger partial charge is 0.281 e. The van der Waals surface area contributed by atoms with Crippen LogP contribution in [0.5, 0.6) is 0 Å². The Labute approximate surface area is 215 Å². The van der Waals surface area contributed by atoms with Crippen LogP contribution in [0.1, 0.15) is 19.3 Å². The Balaban J connectivity index is 1.59. The number of benzene rings is 1. The number of carbonyl (C=O) groups is 1. The van der Waals surface area contributed by atoms with Gasteiger partial charge in [0.05, 0.1) is 0 Å². The van der Waals surface area contributed by atoms with Gasteiger partial charge in [0, 0.05) is 51.6 Å². The van der Waals surface area contributed by atoms with Crippen LogP contribution < -0.4 is 5.48 Å². The molecule has 2 fully saturated rings. The minimum Gasteiger partial charge on any atom is -0.350 e. The zero-order valence-electron chi connectivity index (χ0n) is 20.1. The summed E-state index contributed by atoms with van der Waals surface area (Å²) in [6.45, 7) is -0.127. The summed E-state index contributed by atoms with van der Waals surface area (Å²) < 4.78 is 61.5. The molecule has 1 N–H and O–H groups in total. The molecular weight excluding hydrogens is 528 g/mol. The maximum atomic E-state index is 13.7. The van der Waals surface area contributed by atoms with Crippen molar-refractivity contribution in [1.82, 2.24) is 18.4 Å². The summed E-state index contributed by atoms with van der Waals surface area (Å²) in [7, 11) is -5.21. The highest BCUT2D eigenvalue weighted by Gasteiger charge is 2.44. The summed E-state index contributed by atoms with van der Waals surface area (Å²) in [5.41, 5.74) is 3.18. The van der Waals surface area contributed by atoms with Crippen LogP contribution in [-0.4, -0.2) is 88.3 Å². The van der Waals surface area contributed by atoms with Crippen molar-refractivity contribution in [3.63, 3.8) is 0 Å². The molecule has 0 saturated carbocycles. The molecule has 11 nitrogen and oxygen atoms in total. The first-order chi connectivity index (χ1) is 17.1. The van der Waals surface area contributed by atoms with E-state index in [0.717, 1.165) is 47.5 Å². The van der Waals surface area contributed by atoms with Crippen LogP contribution >= 0.6 is 11.3 Å². The summed E-state index contributed by atoms with van der Waals surface area (Å²) >= 11 is 1.09. The summed E-state index contributed by atoms with van der Waals surface area (Å²) in [4.78, 5) is 19.3. The van der Waals surface area contributed by atoms with E-state index in [-0.39, 0.29) is 23.8 Å². The predicted octanol–water partition coefficient (Wildman–Crippen LogP) is 1.47. The Hall–Kier alpha value is -1.91. The molecule has 1 aromatic heterocycles. The SMILES string of the molecule is CN(C)S(=O)(=O)N1CCN(S(=O)(=O)c2ccc(-c3ccccc3)s2)C(C(=O)NOC2CCCCO2)C1. The van der Waals surface area contributed by atoms with E-state index in [1.165, 1.54) is 20.2 Å². The second kappa shape index (κ2) is 11.2. The third kappa shape index (κ3) is 5.81. The number of hydroxylamine groups is 1. The second-order valence-electron chi connectivity index (χ2n) is 8.64. The van der Waals surface area contributed by atoms with Crippen molar-refractivity contribution in [1.29, 1.82) is 0 Å². The minimum atomic E-state index is -4.11. The molecule has 2 unspecified atom stereocenters. The number of amides is 1. The lowest BCUT2D eigenvalue weighted by Crippen LogP contribution is -2.62. The van der Waals surface area contributed by atoms with Crippen LogP contribution in [0.3, 0.4) is 0 Å². The molecular formula is C22H30N4O7S3. The third-order valence-electron chi connectivity index (χ3n) is 6.02. The van der Waals surface area contributed by atoms with Gasteiger partial charge < -0.3 is 4.74 Å². The number of hydrogen-bond acceptors (Lipinski definition) is 8. The van der Waals surface area contributed by atoms with E-state index < -0.39 is 38.5 Å². The molecule has 14 heteroatoms. The fourth-order valence-electron chi connectivity index (χ4n) is 4.01. The Morgan fingerprint density at radius 1 is 1.08 bits per heavy atom. The van der Waals surface area contributed by atoms with Gasteiger partial charge in [0.15, 0.2) is 6.29 Å². The zero-order valence-corrected chi connectivity index (χ0v) is 22.5. The van der Waals surface area contributed by atoms with Crippen LogP contribution in [-0.2, 0) is 34.6 Å². The standard InChI is InChI=1S/C22H30N4O7S3/c1-24(2)36(30,31)25-13-14-26(18(16-25)22(27)23-33-20-10-6-7-15-32-20)35(28,29)21-12-11-19(34-21)17-8-4-3-5-9-17/h3-5,8-9,11-12,18,20H,6-7,10,13-16H2,1-2H3,(H,23,27). The first kappa shape index (κ1) is 27.1. The topological polar surface area (TPSA) is 126 Å². The average molecular weight is 559 g/mol. The summed E-state index contributed by atoms with van der Waals surface area (Å²) in [5.74, 6) is -0.758. The van der Waals surface area contributed by atoms with Crippen LogP contribution in [0, 0.1) is 0 Å². The van der Waals surface area contributed by atoms with Gasteiger partial charge >= 0.3 is 0 Å². The third-order valence-corrected chi connectivity index (χ3v) is 11.4. The van der Waals surface area contributed by atoms with Gasteiger partial charge in [-0.2, -0.15) is 21.3 Å². The molecule has 1 aromatic carbocycles. The second-order valence-corrected chi connectivity index (χ2v) is 14.0. The lowest BCUT2D eigenvalue weighted by atomic mass is 10.2. The van der Waals surface area contributed by atoms with Crippen LogP contribution in [0.2, 0.25) is 0 Å². The highest BCUT2D eigenvalue weighted by atomic mass is 32.2. The number of sulfonamides is 1. The van der Waals surface area contributed by atoms with E-state index in [1.807, 2.05) is 30.3 Å². The number of thiophene rings is 1. The molecule has 2 aliphatic rings. The van der Waals surface area contributed by atoms with E-state index in [0.29, 0.717) is 13.0 Å². The average Bonchev–Trinajstić information content (AvgIpc) is 3.39. The molecule has 4 rings (SSSR count). The summed E-state index contributed by atoms with van der Waals surface area (Å²) in [6, 6.07) is 11.3. The molecule has 36 heavy (non-hydrogen) atoms. The number of nitrogens with zero attached hydrogens (tertiary/aromatic N) is 3. The highest BCUT2D eigenvalue weighted by Crippen LogP contribution is 2.33. The van der Waals surface area contributed by atoms with Crippen molar-refractivity contribution in [2.45, 2.75) is 35.8 Å². The number of rotatable bonds is 8. The van der Waals surface area contributed by atoms with Crippen molar-refractivity contribution in [2.24, 2.45) is 0 Å². The summed E-state index contributed by atoms with van der Waals surface area (Å²) in [6.07, 6.45) is 1.72. The van der Waals surface area contributed by atoms with Gasteiger partial charge in [0.2, 0.25) is 0 Å². The number of piperazine rings is 1. The fourth-order valence-corrected chi connectivity index (χ4v) is 8.13. The molecule has 0 bridgehead atoms. The van der Waals surface area contributed by atoms with Gasteiger partial charge in [-0.05, 0) is 30.5 Å². The largest absolute Gasteiger partial charge is 0.350 e. The predicted molar refractivity (Wildman–Crippen MR) is 134 cm³/mol. The van der Waals surface area contributed by atoms with E-state index in [9.17, 15) is 21.6 Å². The van der Waals surface area contributed by atoms with Gasteiger partial charge in [-0.15, -0.1) is 11.3 Å². The van der Waals surface area contributed by atoms with Crippen molar-refractivity contribution in [2.75, 3.05) is 40.3 Å². The maximum absolute atomic E-state index is 13.7. The van der Waals surface area contributed by atoms with Crippen LogP contribution in [0.15, 0.2) is 46.7 Å². The van der Waals surface area contributed by atoms with Crippen LogP contribution in [0.4, 0.5) is 0 Å². The Kier molecular flexibility index (Phi) is 8.46. The van der Waals surface area contributed by atoms with Gasteiger partial charge in [-0.25, -0.2) is 18.7 Å². The van der Waals surface area contributed by atoms with E-state index in [1.54, 1.807) is 6.07 Å². The van der Waals surface area contributed by atoms with Crippen molar-refractivity contribution >= 4 is 37.5 Å². The molecule has 0 spiro atoms. The number of hydrogen-bond donors (Lipinski definition) is 1. The molecule has 2 atom stereocenters. The lowest BCUT2D eigenvalue weighted by Gasteiger charge is -2.39. The van der Waals surface area contributed by atoms with Gasteiger partial charge in [-0.1, -0.05) is 30.3 Å². The highest BCUT2D eigenvalue weighted by molar-refractivity contribution is 7.91. The van der Waals surface area contributed by atoms with Gasteiger partial charge in [0.1, 0.15) is 10.3 Å². The number of ether oxygens (including phenoxy) is 1. The molecule has 0 aliphatic carbocycles. The maximum Gasteiger partial charge on any atom is 0.281 e. The van der Waals surface area contributed by atoms with Crippen molar-refractivity contribution < 1.29 is 31.2 Å². The molecule has 0 radical (unpaired) electrons. The van der Waals surface area contributed by atoms with Gasteiger partial charge in [0.25, 0.3) is 26.1 Å². The van der Waals surface area contributed by atoms with Gasteiger partial charge in [-0.3, -0.25) is 4.79 Å². The fraction of sp³-hybridized carbons (Fsp3) is 0.500. The monoisotopic (exact) mass is 558 g/mol. The van der Waals surface area contributed by atoms with Crippen LogP contribution in [0.25, 0.3) is 10.4 Å². The Morgan fingerprint density at radius 2 is 1.83 bits per heavy atom. The van der Waals surface area contributed by atoms with Crippen molar-refractivity contribution in [3.05, 3.63) is 42.5 Å². The number of carbonyl (C=O) groups excluding carboxylic acids is 1. The molecule has 2 aliphatic heterocycles. The molecule has 198 valence electrons. The number of nitrogens with one attached hydrogen (secondary N) is 1. The van der Waals surface area contributed by atoms with E-state index in [4.69, 9.17) is 9.57 Å². The van der Waals surface area contributed by atoms with Crippen molar-refractivity contribution in [3.8, 4) is 10.4 Å². The molecule has 1 amide bonds. The first-order valence-corrected chi connectivity index (χ1v) is 15.2. The van der Waals surface area contributed by atoms with E-state index >= 15 is 0 Å². The van der Waals surface area contributed by atoms with E-state index in [2.05, 4.69) is 5.48 Å². The lowest BCUT2D eigenvalue weighted by molar-refractivity contribution is -0.202. The summed E-state index contributed by atoms with van der Waals surface area (Å²) in [5, 5.41) is 0. The molecule has 2 aromatic rings. The normalized spacial score (nSPS) is 22.5. The Morgan fingerprint density at radius 3 is 2.50 bits per heavy atom. The Bertz CT molecular complexity index is 1260. The zero-order chi connectivity index (χ0) is 25.9. The molecule has 2 saturated heterocycles. The quantitative estimate of drug-likeness (QED) is 0.487. The molecule has 3 heterocycles. The first-order valence-electron chi connectivity index (χ1n) is 11.5. The minimum absolute atomic E-state index is 0.0691.